The van der Waals surface area contributed by atoms with Crippen molar-refractivity contribution in [2.45, 2.75) is 0 Å². The standard InChI is InChI=1S/C60H38N2O2/c1-4-18-39(19-5-1)45-24-10-13-29-50(45)62(51-30-14-11-25-46(51)40-20-6-2-7-21-40)44-36-41-34-35-42-37-53(49-28-17-33-55-59(49)58(42)57(41)56(38-44)63-55)61(43-22-8-3-9-23-43)52-31-16-27-48-47-26-12-15-32-54(47)64-60(48)52/h1-38H. The lowest BCUT2D eigenvalue weighted by Crippen LogP contribution is -2.13. The molecule has 0 amide bonds. The fraction of sp³-hybridized carbons (Fsp3) is 0. The number of furan rings is 1. The summed E-state index contributed by atoms with van der Waals surface area (Å²) in [6.07, 6.45) is 0. The number of benzene rings is 11. The van der Waals surface area contributed by atoms with E-state index < -0.39 is 0 Å². The Bertz CT molecular complexity index is 3680. The highest BCUT2D eigenvalue weighted by atomic mass is 16.5. The molecule has 0 spiro atoms. The van der Waals surface area contributed by atoms with E-state index in [0.717, 1.165) is 117 Å². The van der Waals surface area contributed by atoms with Gasteiger partial charge in [-0.2, -0.15) is 0 Å². The molecule has 1 aliphatic rings. The Morgan fingerprint density at radius 1 is 0.312 bits per heavy atom. The minimum absolute atomic E-state index is 0.831. The molecule has 0 radical (unpaired) electrons. The molecule has 11 aromatic carbocycles. The second kappa shape index (κ2) is 14.5. The van der Waals surface area contributed by atoms with Crippen LogP contribution in [-0.4, -0.2) is 0 Å². The Labute approximate surface area is 370 Å². The minimum Gasteiger partial charge on any atom is -0.456 e. The van der Waals surface area contributed by atoms with Gasteiger partial charge in [0, 0.05) is 55.2 Å². The third-order valence-electron chi connectivity index (χ3n) is 12.8. The van der Waals surface area contributed by atoms with Gasteiger partial charge in [0.1, 0.15) is 17.1 Å². The fourth-order valence-corrected chi connectivity index (χ4v) is 10.0. The van der Waals surface area contributed by atoms with E-state index in [2.05, 4.69) is 228 Å². The molecule has 0 atom stereocenters. The molecule has 0 aliphatic carbocycles. The van der Waals surface area contributed by atoms with E-state index in [1.54, 1.807) is 0 Å². The van der Waals surface area contributed by atoms with Crippen molar-refractivity contribution in [2.24, 2.45) is 0 Å². The Hall–Kier alpha value is -8.60. The number of rotatable bonds is 8. The first-order chi connectivity index (χ1) is 31.8. The Morgan fingerprint density at radius 3 is 1.58 bits per heavy atom. The van der Waals surface area contributed by atoms with Crippen LogP contribution in [-0.2, 0) is 0 Å². The molecule has 4 heteroatoms. The summed E-state index contributed by atoms with van der Waals surface area (Å²) in [6, 6.07) is 82.0. The predicted octanol–water partition coefficient (Wildman–Crippen LogP) is 17.4. The third-order valence-corrected chi connectivity index (χ3v) is 12.8. The first-order valence-corrected chi connectivity index (χ1v) is 21.8. The zero-order valence-corrected chi connectivity index (χ0v) is 34.7. The summed E-state index contributed by atoms with van der Waals surface area (Å²) < 4.78 is 13.9. The average molecular weight is 819 g/mol. The van der Waals surface area contributed by atoms with Gasteiger partial charge in [0.05, 0.1) is 28.4 Å². The summed E-state index contributed by atoms with van der Waals surface area (Å²) in [6.45, 7) is 0. The van der Waals surface area contributed by atoms with Gasteiger partial charge < -0.3 is 19.0 Å². The SMILES string of the molecule is c1ccc(-c2ccccc2N(c2cc3c4c(ccc5cc(N(c6ccccc6)c6cccc7c6oc6ccccc67)c6cccc(c6c54)O3)c2)c2ccccc2-c2ccccc2)cc1. The van der Waals surface area contributed by atoms with Gasteiger partial charge in [-0.25, -0.2) is 0 Å². The van der Waals surface area contributed by atoms with E-state index in [0.29, 0.717) is 0 Å². The average Bonchev–Trinajstić information content (AvgIpc) is 3.75. The Balaban J connectivity index is 1.06. The van der Waals surface area contributed by atoms with Crippen LogP contribution in [0.1, 0.15) is 0 Å². The largest absolute Gasteiger partial charge is 0.456 e. The Kier molecular flexibility index (Phi) is 8.18. The van der Waals surface area contributed by atoms with Gasteiger partial charge >= 0.3 is 0 Å². The van der Waals surface area contributed by atoms with E-state index >= 15 is 0 Å². The van der Waals surface area contributed by atoms with Gasteiger partial charge in [-0.15, -0.1) is 0 Å². The van der Waals surface area contributed by atoms with Crippen LogP contribution in [0.4, 0.5) is 34.1 Å². The molecule has 0 fully saturated rings. The predicted molar refractivity (Wildman–Crippen MR) is 267 cm³/mol. The van der Waals surface area contributed by atoms with Gasteiger partial charge in [-0.1, -0.05) is 170 Å². The topological polar surface area (TPSA) is 28.9 Å². The zero-order chi connectivity index (χ0) is 42.1. The van der Waals surface area contributed by atoms with Crippen molar-refractivity contribution in [2.75, 3.05) is 9.80 Å². The summed E-state index contributed by atoms with van der Waals surface area (Å²) in [5, 5.41) is 8.92. The number of para-hydroxylation sites is 5. The lowest BCUT2D eigenvalue weighted by atomic mass is 9.91. The van der Waals surface area contributed by atoms with Gasteiger partial charge in [-0.3, -0.25) is 0 Å². The lowest BCUT2D eigenvalue weighted by Gasteiger charge is -2.32. The number of ether oxygens (including phenoxy) is 1. The molecule has 300 valence electrons. The van der Waals surface area contributed by atoms with Crippen LogP contribution in [0.5, 0.6) is 11.5 Å². The number of nitrogens with zero attached hydrogens (tertiary/aromatic N) is 2. The maximum absolute atomic E-state index is 7.17. The van der Waals surface area contributed by atoms with Crippen molar-refractivity contribution in [3.05, 3.63) is 231 Å². The van der Waals surface area contributed by atoms with Gasteiger partial charge in [-0.05, 0) is 76.5 Å². The van der Waals surface area contributed by atoms with Gasteiger partial charge in [0.25, 0.3) is 0 Å². The lowest BCUT2D eigenvalue weighted by molar-refractivity contribution is 0.493. The highest BCUT2D eigenvalue weighted by Gasteiger charge is 2.28. The first kappa shape index (κ1) is 36.1. The second-order valence-electron chi connectivity index (χ2n) is 16.4. The molecule has 2 heterocycles. The number of hydrogen-bond donors (Lipinski definition) is 0. The van der Waals surface area contributed by atoms with Crippen molar-refractivity contribution >= 4 is 88.4 Å². The first-order valence-electron chi connectivity index (χ1n) is 21.8. The van der Waals surface area contributed by atoms with Crippen LogP contribution < -0.4 is 14.5 Å². The highest BCUT2D eigenvalue weighted by molar-refractivity contribution is 6.28. The van der Waals surface area contributed by atoms with Gasteiger partial charge in [0.2, 0.25) is 0 Å². The van der Waals surface area contributed by atoms with Crippen LogP contribution in [0, 0.1) is 0 Å². The normalized spacial score (nSPS) is 11.9. The smallest absolute Gasteiger partial charge is 0.159 e. The summed E-state index contributed by atoms with van der Waals surface area (Å²) in [5.74, 6) is 1.66. The fourth-order valence-electron chi connectivity index (χ4n) is 10.0. The van der Waals surface area contributed by atoms with Crippen LogP contribution in [0.3, 0.4) is 0 Å². The summed E-state index contributed by atoms with van der Waals surface area (Å²) >= 11 is 0. The number of hydrogen-bond acceptors (Lipinski definition) is 4. The van der Waals surface area contributed by atoms with Crippen molar-refractivity contribution < 1.29 is 9.15 Å². The van der Waals surface area contributed by atoms with Crippen molar-refractivity contribution in [3.8, 4) is 33.8 Å². The van der Waals surface area contributed by atoms with Crippen molar-refractivity contribution in [1.29, 1.82) is 0 Å². The van der Waals surface area contributed by atoms with Crippen molar-refractivity contribution in [1.82, 2.24) is 0 Å². The molecule has 1 aromatic heterocycles. The molecule has 0 saturated heterocycles. The molecule has 1 aliphatic heterocycles. The summed E-state index contributed by atoms with van der Waals surface area (Å²) in [7, 11) is 0. The van der Waals surface area contributed by atoms with Crippen LogP contribution in [0.25, 0.3) is 76.5 Å². The van der Waals surface area contributed by atoms with E-state index in [1.165, 1.54) is 5.39 Å². The monoisotopic (exact) mass is 818 g/mol. The van der Waals surface area contributed by atoms with Crippen molar-refractivity contribution in [3.63, 3.8) is 0 Å². The van der Waals surface area contributed by atoms with E-state index in [4.69, 9.17) is 9.15 Å². The molecule has 0 N–H and O–H groups in total. The summed E-state index contributed by atoms with van der Waals surface area (Å²) in [4.78, 5) is 4.75. The van der Waals surface area contributed by atoms with E-state index in [-0.39, 0.29) is 0 Å². The quantitative estimate of drug-likeness (QED) is 0.143. The third kappa shape index (κ3) is 5.63. The molecule has 4 nitrogen and oxygen atoms in total. The molecule has 0 saturated carbocycles. The molecule has 0 unspecified atom stereocenters. The molecule has 12 aromatic rings. The summed E-state index contributed by atoms with van der Waals surface area (Å²) in [5.41, 5.74) is 12.5. The number of fused-ring (bicyclic) bond motifs is 3. The number of anilines is 6. The van der Waals surface area contributed by atoms with Crippen LogP contribution in [0.15, 0.2) is 235 Å². The zero-order valence-electron chi connectivity index (χ0n) is 34.7. The van der Waals surface area contributed by atoms with E-state index in [1.807, 2.05) is 12.1 Å². The van der Waals surface area contributed by atoms with E-state index in [9.17, 15) is 0 Å². The van der Waals surface area contributed by atoms with Crippen LogP contribution >= 0.6 is 0 Å². The molecule has 64 heavy (non-hydrogen) atoms. The minimum atomic E-state index is 0.831. The maximum atomic E-state index is 7.17. The second-order valence-corrected chi connectivity index (χ2v) is 16.4. The molecular formula is C60H38N2O2. The molecule has 0 bridgehead atoms. The molecule has 13 rings (SSSR count). The Morgan fingerprint density at radius 2 is 0.859 bits per heavy atom. The molecular weight excluding hydrogens is 781 g/mol. The van der Waals surface area contributed by atoms with Gasteiger partial charge in [0.15, 0.2) is 5.58 Å². The van der Waals surface area contributed by atoms with Crippen LogP contribution in [0.2, 0.25) is 0 Å². The highest BCUT2D eigenvalue weighted by Crippen LogP contribution is 2.54. The maximum Gasteiger partial charge on any atom is 0.159 e.